The number of thiol groups is 1. The molecule has 0 fully saturated rings. The lowest BCUT2D eigenvalue weighted by Crippen LogP contribution is -2.58. The van der Waals surface area contributed by atoms with Crippen molar-refractivity contribution in [2.24, 2.45) is 17.4 Å². The molecule has 0 saturated carbocycles. The van der Waals surface area contributed by atoms with Gasteiger partial charge < -0.3 is 37.5 Å². The zero-order valence-electron chi connectivity index (χ0n) is 18.4. The predicted octanol–water partition coefficient (Wildman–Crippen LogP) is -2.33. The first-order chi connectivity index (χ1) is 15.5. The lowest BCUT2D eigenvalue weighted by Gasteiger charge is -2.25. The number of nitrogens with one attached hydrogen (secondary N) is 4. The molecular weight excluding hydrogens is 454 g/mol. The fraction of sp³-hybridized carbons (Fsp3) is 0.579. The molecule has 0 aromatic carbocycles. The Hall–Kier alpha value is -3.13. The van der Waals surface area contributed by atoms with Gasteiger partial charge in [0.05, 0.1) is 18.8 Å². The molecular formula is C19H31N7O6S. The molecule has 0 saturated heterocycles. The largest absolute Gasteiger partial charge is 0.480 e. The number of aromatic amines is 1. The minimum absolute atomic E-state index is 0.0329. The maximum atomic E-state index is 12.9. The Balaban J connectivity index is 2.95. The van der Waals surface area contributed by atoms with Crippen LogP contribution in [0.15, 0.2) is 12.5 Å². The number of primary amides is 1. The van der Waals surface area contributed by atoms with Crippen LogP contribution in [0.3, 0.4) is 0 Å². The van der Waals surface area contributed by atoms with Crippen LogP contribution in [0, 0.1) is 5.92 Å². The Labute approximate surface area is 196 Å². The summed E-state index contributed by atoms with van der Waals surface area (Å²) in [6.07, 6.45) is 2.95. The highest BCUT2D eigenvalue weighted by Gasteiger charge is 2.31. The third kappa shape index (κ3) is 9.10. The van der Waals surface area contributed by atoms with Gasteiger partial charge in [-0.1, -0.05) is 20.3 Å². The molecule has 14 heteroatoms. The van der Waals surface area contributed by atoms with Crippen LogP contribution in [0.25, 0.3) is 0 Å². The second-order valence-corrected chi connectivity index (χ2v) is 7.93. The van der Waals surface area contributed by atoms with Crippen LogP contribution in [0.4, 0.5) is 0 Å². The van der Waals surface area contributed by atoms with Crippen LogP contribution in [-0.2, 0) is 30.4 Å². The smallest absolute Gasteiger partial charge is 0.326 e. The van der Waals surface area contributed by atoms with Crippen molar-refractivity contribution in [3.63, 3.8) is 0 Å². The van der Waals surface area contributed by atoms with Crippen LogP contribution in [0.2, 0.25) is 0 Å². The summed E-state index contributed by atoms with van der Waals surface area (Å²) in [6.45, 7) is 3.69. The average molecular weight is 486 g/mol. The summed E-state index contributed by atoms with van der Waals surface area (Å²) < 4.78 is 0. The van der Waals surface area contributed by atoms with Crippen molar-refractivity contribution >= 4 is 42.2 Å². The summed E-state index contributed by atoms with van der Waals surface area (Å²) in [5.74, 6) is -4.83. The first-order valence-electron chi connectivity index (χ1n) is 10.3. The number of hydrogen-bond acceptors (Lipinski definition) is 8. The van der Waals surface area contributed by atoms with E-state index in [2.05, 4.69) is 38.5 Å². The van der Waals surface area contributed by atoms with Crippen molar-refractivity contribution in [1.29, 1.82) is 0 Å². The predicted molar refractivity (Wildman–Crippen MR) is 121 cm³/mol. The van der Waals surface area contributed by atoms with Gasteiger partial charge in [-0.05, 0) is 5.92 Å². The first kappa shape index (κ1) is 27.9. The maximum absolute atomic E-state index is 12.9. The van der Waals surface area contributed by atoms with Crippen LogP contribution >= 0.6 is 12.6 Å². The molecule has 5 atom stereocenters. The monoisotopic (exact) mass is 485 g/mol. The number of carbonyl (C=O) groups excluding carboxylic acids is 4. The van der Waals surface area contributed by atoms with E-state index >= 15 is 0 Å². The number of nitrogens with zero attached hydrogens (tertiary/aromatic N) is 1. The van der Waals surface area contributed by atoms with E-state index in [9.17, 15) is 24.0 Å². The van der Waals surface area contributed by atoms with Crippen molar-refractivity contribution in [2.75, 3.05) is 5.75 Å². The number of H-pyrrole nitrogens is 1. The second-order valence-electron chi connectivity index (χ2n) is 7.57. The van der Waals surface area contributed by atoms with Gasteiger partial charge in [-0.15, -0.1) is 0 Å². The van der Waals surface area contributed by atoms with E-state index in [0.29, 0.717) is 12.1 Å². The minimum atomic E-state index is -1.57. The molecule has 0 aliphatic rings. The van der Waals surface area contributed by atoms with E-state index in [1.165, 1.54) is 12.5 Å². The molecule has 0 spiro atoms. The molecule has 0 aliphatic heterocycles. The van der Waals surface area contributed by atoms with Gasteiger partial charge in [0.1, 0.15) is 18.1 Å². The number of amides is 4. The molecule has 1 aromatic heterocycles. The Kier molecular flexibility index (Phi) is 11.4. The molecule has 1 aromatic rings. The number of carboxylic acid groups (broad SMARTS) is 1. The summed E-state index contributed by atoms with van der Waals surface area (Å²) in [6, 6.07) is -4.77. The third-order valence-corrected chi connectivity index (χ3v) is 5.37. The second kappa shape index (κ2) is 13.4. The fourth-order valence-corrected chi connectivity index (χ4v) is 3.00. The number of carbonyl (C=O) groups is 5. The standard InChI is InChI=1S/C19H31N7O6S/c1-3-9(2)15(21)18(30)24-11(4-10-6-22-8-23-10)16(28)26-13(7-33)17(29)25-12(19(31)32)5-14(20)27/h6,8-9,11-13,15,33H,3-5,7,21H2,1-2H3,(H2,20,27)(H,22,23)(H,24,30)(H,25,29)(H,26,28)(H,31,32). The summed E-state index contributed by atoms with van der Waals surface area (Å²) in [4.78, 5) is 67.0. The maximum Gasteiger partial charge on any atom is 0.326 e. The van der Waals surface area contributed by atoms with Gasteiger partial charge in [-0.3, -0.25) is 19.2 Å². The molecule has 1 heterocycles. The normalized spacial score (nSPS) is 15.4. The summed E-state index contributed by atoms with van der Waals surface area (Å²) >= 11 is 4.04. The number of rotatable bonds is 14. The van der Waals surface area contributed by atoms with E-state index < -0.39 is 60.2 Å². The number of nitrogens with two attached hydrogens (primary N) is 2. The summed E-state index contributed by atoms with van der Waals surface area (Å²) in [5, 5.41) is 16.3. The van der Waals surface area contributed by atoms with Crippen LogP contribution in [0.1, 0.15) is 32.4 Å². The van der Waals surface area contributed by atoms with E-state index in [0.717, 1.165) is 0 Å². The molecule has 33 heavy (non-hydrogen) atoms. The first-order valence-corrected chi connectivity index (χ1v) is 10.9. The summed E-state index contributed by atoms with van der Waals surface area (Å²) in [7, 11) is 0. The molecule has 1 rings (SSSR count). The number of aromatic nitrogens is 2. The van der Waals surface area contributed by atoms with Crippen LogP contribution < -0.4 is 27.4 Å². The lowest BCUT2D eigenvalue weighted by molar-refractivity contribution is -0.143. The SMILES string of the molecule is CCC(C)C(N)C(=O)NC(Cc1cnc[nH]1)C(=O)NC(CS)C(=O)NC(CC(N)=O)C(=O)O. The van der Waals surface area contributed by atoms with Gasteiger partial charge in [-0.25, -0.2) is 9.78 Å². The van der Waals surface area contributed by atoms with E-state index in [-0.39, 0.29) is 18.1 Å². The van der Waals surface area contributed by atoms with Gasteiger partial charge in [0.25, 0.3) is 0 Å². The number of hydrogen-bond donors (Lipinski definition) is 8. The molecule has 0 bridgehead atoms. The van der Waals surface area contributed by atoms with Gasteiger partial charge in [0.2, 0.25) is 23.6 Å². The van der Waals surface area contributed by atoms with Gasteiger partial charge in [0, 0.05) is 24.1 Å². The highest BCUT2D eigenvalue weighted by atomic mass is 32.1. The van der Waals surface area contributed by atoms with E-state index in [1.807, 2.05) is 6.92 Å². The highest BCUT2D eigenvalue weighted by Crippen LogP contribution is 2.07. The molecule has 13 nitrogen and oxygen atoms in total. The van der Waals surface area contributed by atoms with Gasteiger partial charge in [-0.2, -0.15) is 12.6 Å². The zero-order valence-corrected chi connectivity index (χ0v) is 19.3. The van der Waals surface area contributed by atoms with Crippen molar-refractivity contribution in [3.8, 4) is 0 Å². The Morgan fingerprint density at radius 1 is 1.09 bits per heavy atom. The molecule has 0 aliphatic carbocycles. The quantitative estimate of drug-likeness (QED) is 0.133. The molecule has 9 N–H and O–H groups in total. The lowest BCUT2D eigenvalue weighted by atomic mass is 9.98. The highest BCUT2D eigenvalue weighted by molar-refractivity contribution is 7.80. The third-order valence-electron chi connectivity index (χ3n) is 5.01. The number of aliphatic carboxylic acids is 1. The van der Waals surface area contributed by atoms with Crippen molar-refractivity contribution in [3.05, 3.63) is 18.2 Å². The van der Waals surface area contributed by atoms with Crippen molar-refractivity contribution in [1.82, 2.24) is 25.9 Å². The van der Waals surface area contributed by atoms with Gasteiger partial charge >= 0.3 is 5.97 Å². The van der Waals surface area contributed by atoms with Crippen molar-refractivity contribution in [2.45, 2.75) is 57.3 Å². The Morgan fingerprint density at radius 2 is 1.67 bits per heavy atom. The fourth-order valence-electron chi connectivity index (χ4n) is 2.75. The number of carboxylic acids is 1. The Bertz CT molecular complexity index is 835. The molecule has 4 amide bonds. The summed E-state index contributed by atoms with van der Waals surface area (Å²) in [5.41, 5.74) is 11.5. The number of imidazole rings is 1. The van der Waals surface area contributed by atoms with E-state index in [1.54, 1.807) is 6.92 Å². The van der Waals surface area contributed by atoms with Crippen LogP contribution in [-0.4, -0.2) is 74.6 Å². The van der Waals surface area contributed by atoms with Crippen LogP contribution in [0.5, 0.6) is 0 Å². The van der Waals surface area contributed by atoms with Gasteiger partial charge in [0.15, 0.2) is 0 Å². The molecule has 5 unspecified atom stereocenters. The van der Waals surface area contributed by atoms with E-state index in [4.69, 9.17) is 16.6 Å². The molecule has 0 radical (unpaired) electrons. The minimum Gasteiger partial charge on any atom is -0.480 e. The topological polar surface area (TPSA) is 222 Å². The molecule has 184 valence electrons. The zero-order chi connectivity index (χ0) is 25.1. The average Bonchev–Trinajstić information content (AvgIpc) is 3.27. The Morgan fingerprint density at radius 3 is 2.15 bits per heavy atom. The van der Waals surface area contributed by atoms with Crippen molar-refractivity contribution < 1.29 is 29.1 Å².